The van der Waals surface area contributed by atoms with Crippen molar-refractivity contribution in [3.8, 4) is 0 Å². The summed E-state index contributed by atoms with van der Waals surface area (Å²) >= 11 is -0.612. The van der Waals surface area contributed by atoms with Crippen LogP contribution in [0.4, 0.5) is 0 Å². The second-order valence-corrected chi connectivity index (χ2v) is 17.6. The fourth-order valence-corrected chi connectivity index (χ4v) is 8.25. The van der Waals surface area contributed by atoms with Crippen LogP contribution in [0.25, 0.3) is 0 Å². The van der Waals surface area contributed by atoms with E-state index >= 15 is 0 Å². The molecule has 0 saturated carbocycles. The van der Waals surface area contributed by atoms with Crippen LogP contribution in [-0.2, 0) is 46.3 Å². The van der Waals surface area contributed by atoms with Gasteiger partial charge in [-0.15, -0.1) is 0 Å². The van der Waals surface area contributed by atoms with Crippen molar-refractivity contribution in [2.24, 2.45) is 11.8 Å². The first-order chi connectivity index (χ1) is 24.3. The number of benzene rings is 1. The van der Waals surface area contributed by atoms with E-state index in [0.717, 1.165) is 9.14 Å². The average Bonchev–Trinajstić information content (AvgIpc) is 3.63. The van der Waals surface area contributed by atoms with Crippen molar-refractivity contribution in [1.29, 1.82) is 0 Å². The van der Waals surface area contributed by atoms with Crippen LogP contribution in [0.3, 0.4) is 0 Å². The Kier molecular flexibility index (Phi) is 15.7. The molecule has 280 valence electrons. The molecule has 4 N–H and O–H groups in total. The standard InChI is InChI=1S/C38H55N5O7Te/c1-25(2)20-30(34(45)38(5)24-50-38)40-37(48)32(22-28-12-9-19-51-28)42-36(47)31(21-26(3)4)41-35(46)29(14-13-27-10-7-6-8-11-27)39-33(44)23-43-15-17-49-18-16-43/h6-12,19,25-26,29-32H,13-18,20-24H2,1-5H3,(H,39,44)(H,40,48)(H,41,46)(H,42,47)/t29-,30-,31-,32-,38+/m0/s1. The van der Waals surface area contributed by atoms with E-state index in [0.29, 0.717) is 65.0 Å². The second kappa shape index (κ2) is 19.7. The number of carbonyl (C=O) groups excluding carboxylic acids is 5. The summed E-state index contributed by atoms with van der Waals surface area (Å²) in [5.41, 5.74) is 0.121. The Hall–Kier alpha value is -3.08. The van der Waals surface area contributed by atoms with Gasteiger partial charge in [-0.3, -0.25) is 4.90 Å². The average molecular weight is 821 g/mol. The Morgan fingerprint density at radius 2 is 1.37 bits per heavy atom. The zero-order chi connectivity index (χ0) is 37.0. The molecule has 2 aliphatic heterocycles. The van der Waals surface area contributed by atoms with Crippen LogP contribution >= 0.6 is 0 Å². The van der Waals surface area contributed by atoms with E-state index in [2.05, 4.69) is 25.3 Å². The van der Waals surface area contributed by atoms with Crippen molar-refractivity contribution in [3.05, 3.63) is 55.7 Å². The number of Topliss-reactive ketones (excluding diaryl/α,β-unsaturated/α-hetero) is 1. The molecule has 51 heavy (non-hydrogen) atoms. The van der Waals surface area contributed by atoms with Gasteiger partial charge in [-0.1, -0.05) is 30.3 Å². The van der Waals surface area contributed by atoms with Crippen molar-refractivity contribution >= 4 is 49.8 Å². The molecule has 2 fully saturated rings. The Balaban J connectivity index is 1.49. The molecule has 12 nitrogen and oxygen atoms in total. The van der Waals surface area contributed by atoms with Gasteiger partial charge in [0, 0.05) is 13.1 Å². The number of rotatable bonds is 20. The number of morpholine rings is 1. The number of aryl methyl sites for hydroxylation is 1. The van der Waals surface area contributed by atoms with Gasteiger partial charge in [0.05, 0.1) is 13.2 Å². The van der Waals surface area contributed by atoms with Gasteiger partial charge in [0.15, 0.2) is 0 Å². The van der Waals surface area contributed by atoms with Crippen LogP contribution < -0.4 is 21.3 Å². The second-order valence-electron chi connectivity index (χ2n) is 14.6. The first-order valence-electron chi connectivity index (χ1n) is 18.1. The van der Waals surface area contributed by atoms with Gasteiger partial charge in [0.2, 0.25) is 0 Å². The third-order valence-electron chi connectivity index (χ3n) is 9.08. The summed E-state index contributed by atoms with van der Waals surface area (Å²) in [6.07, 6.45) is 1.96. The number of nitrogens with one attached hydrogen (secondary N) is 4. The summed E-state index contributed by atoms with van der Waals surface area (Å²) in [7, 11) is 0. The van der Waals surface area contributed by atoms with Crippen LogP contribution in [-0.4, -0.2) is 124 Å². The van der Waals surface area contributed by atoms with E-state index in [1.54, 1.807) is 6.92 Å². The molecular formula is C38H55N5O7Te. The van der Waals surface area contributed by atoms with Crippen LogP contribution in [0.2, 0.25) is 0 Å². The maximum atomic E-state index is 14.0. The number of carbonyl (C=O) groups is 5. The zero-order valence-electron chi connectivity index (χ0n) is 30.6. The van der Waals surface area contributed by atoms with Crippen molar-refractivity contribution in [2.75, 3.05) is 39.5 Å². The van der Waals surface area contributed by atoms with E-state index in [1.807, 2.05) is 75.1 Å². The monoisotopic (exact) mass is 823 g/mol. The van der Waals surface area contributed by atoms with Gasteiger partial charge in [-0.2, -0.15) is 0 Å². The van der Waals surface area contributed by atoms with Gasteiger partial charge < -0.3 is 4.74 Å². The summed E-state index contributed by atoms with van der Waals surface area (Å²) in [4.78, 5) is 70.3. The summed E-state index contributed by atoms with van der Waals surface area (Å²) in [5, 5.41) is 11.7. The van der Waals surface area contributed by atoms with Crippen LogP contribution in [0, 0.1) is 11.8 Å². The van der Waals surface area contributed by atoms with E-state index < -0.39 is 67.9 Å². The van der Waals surface area contributed by atoms with E-state index in [4.69, 9.17) is 9.47 Å². The zero-order valence-corrected chi connectivity index (χ0v) is 32.9. The Morgan fingerprint density at radius 1 is 0.784 bits per heavy atom. The molecule has 5 atom stereocenters. The summed E-state index contributed by atoms with van der Waals surface area (Å²) in [6.45, 7) is 12.4. The predicted molar refractivity (Wildman–Crippen MR) is 195 cm³/mol. The van der Waals surface area contributed by atoms with Gasteiger partial charge in [-0.25, -0.2) is 0 Å². The topological polar surface area (TPSA) is 158 Å². The quantitative estimate of drug-likeness (QED) is 0.116. The number of ketones is 1. The van der Waals surface area contributed by atoms with E-state index in [1.165, 1.54) is 0 Å². The fraction of sp³-hybridized carbons (Fsp3) is 0.605. The number of amides is 4. The molecule has 1 aromatic carbocycles. The first-order valence-corrected chi connectivity index (χ1v) is 20.6. The van der Waals surface area contributed by atoms with Gasteiger partial charge in [0.1, 0.15) is 0 Å². The summed E-state index contributed by atoms with van der Waals surface area (Å²) in [6, 6.07) is 10.1. The molecule has 2 aliphatic rings. The molecule has 13 heteroatoms. The molecule has 4 amide bonds. The van der Waals surface area contributed by atoms with Crippen LogP contribution in [0.1, 0.15) is 63.0 Å². The normalized spacial score (nSPS) is 19.8. The Bertz CT molecular complexity index is 1440. The summed E-state index contributed by atoms with van der Waals surface area (Å²) in [5.74, 6) is -1.67. The number of hydrogen-bond donors (Lipinski definition) is 4. The molecule has 0 aliphatic carbocycles. The third kappa shape index (κ3) is 13.4. The van der Waals surface area contributed by atoms with E-state index in [-0.39, 0.29) is 30.1 Å². The molecule has 1 aromatic heterocycles. The van der Waals surface area contributed by atoms with Crippen molar-refractivity contribution in [3.63, 3.8) is 0 Å². The van der Waals surface area contributed by atoms with Crippen molar-refractivity contribution < 1.29 is 33.4 Å². The molecular weight excluding hydrogens is 766 g/mol. The number of hydrogen-bond acceptors (Lipinski definition) is 8. The molecule has 0 spiro atoms. The minimum atomic E-state index is -0.956. The molecule has 0 unspecified atom stereocenters. The van der Waals surface area contributed by atoms with Crippen LogP contribution in [0.15, 0.2) is 46.5 Å². The SMILES string of the molecule is CC(C)C[C@H](NC(=O)[C@H](CCc1ccccc1)NC(=O)CN1CCOCC1)C(=O)N[C@@H](Cc1ccc[te]1)C(=O)N[C@@H](CC(C)C)C(=O)[C@@]1(C)CO1. The number of nitrogens with zero attached hydrogens (tertiary/aromatic N) is 1. The third-order valence-corrected chi connectivity index (χ3v) is 11.6. The minimum absolute atomic E-state index is 0.0352. The molecule has 2 saturated heterocycles. The summed E-state index contributed by atoms with van der Waals surface area (Å²) < 4.78 is 14.0. The van der Waals surface area contributed by atoms with Gasteiger partial charge in [0.25, 0.3) is 0 Å². The maximum absolute atomic E-state index is 14.0. The molecule has 3 heterocycles. The van der Waals surface area contributed by atoms with Crippen molar-refractivity contribution in [1.82, 2.24) is 26.2 Å². The van der Waals surface area contributed by atoms with E-state index in [9.17, 15) is 24.0 Å². The predicted octanol–water partition coefficient (Wildman–Crippen LogP) is 1.64. The Labute approximate surface area is 311 Å². The molecule has 4 rings (SSSR count). The molecule has 0 radical (unpaired) electrons. The Morgan fingerprint density at radius 3 is 1.98 bits per heavy atom. The fourth-order valence-electron chi connectivity index (χ4n) is 6.11. The number of ether oxygens (including phenoxy) is 2. The van der Waals surface area contributed by atoms with Gasteiger partial charge in [-0.05, 0) is 0 Å². The van der Waals surface area contributed by atoms with Crippen LogP contribution in [0.5, 0.6) is 0 Å². The molecule has 0 bridgehead atoms. The number of epoxide rings is 1. The van der Waals surface area contributed by atoms with Crippen molar-refractivity contribution in [2.45, 2.75) is 96.5 Å². The van der Waals surface area contributed by atoms with Gasteiger partial charge >= 0.3 is 247 Å². The molecule has 2 aromatic rings. The first kappa shape index (κ1) is 40.7.